The third kappa shape index (κ3) is 1.93. The number of aryl methyl sites for hydroxylation is 1. The SMILES string of the molecule is Cc1cncc2cccc(N3CCCC3C(=O)O)c12. The molecule has 98 valence electrons. The van der Waals surface area contributed by atoms with Crippen LogP contribution < -0.4 is 4.90 Å². The quantitative estimate of drug-likeness (QED) is 0.897. The molecule has 1 atom stereocenters. The van der Waals surface area contributed by atoms with Gasteiger partial charge in [0.2, 0.25) is 0 Å². The fourth-order valence-corrected chi connectivity index (χ4v) is 2.94. The zero-order chi connectivity index (χ0) is 13.4. The van der Waals surface area contributed by atoms with Crippen LogP contribution in [-0.4, -0.2) is 28.6 Å². The number of nitrogens with zero attached hydrogens (tertiary/aromatic N) is 2. The average Bonchev–Trinajstić information content (AvgIpc) is 2.87. The molecule has 1 aromatic heterocycles. The molecule has 0 amide bonds. The highest BCUT2D eigenvalue weighted by molar-refractivity contribution is 5.97. The lowest BCUT2D eigenvalue weighted by Gasteiger charge is -2.25. The highest BCUT2D eigenvalue weighted by Gasteiger charge is 2.31. The van der Waals surface area contributed by atoms with Gasteiger partial charge in [0.1, 0.15) is 6.04 Å². The lowest BCUT2D eigenvalue weighted by Crippen LogP contribution is -2.36. The van der Waals surface area contributed by atoms with Crippen molar-refractivity contribution in [2.75, 3.05) is 11.4 Å². The number of pyridine rings is 1. The molecule has 1 unspecified atom stereocenters. The van der Waals surface area contributed by atoms with E-state index in [4.69, 9.17) is 0 Å². The average molecular weight is 256 g/mol. The lowest BCUT2D eigenvalue weighted by molar-refractivity contribution is -0.138. The molecule has 1 fully saturated rings. The van der Waals surface area contributed by atoms with Gasteiger partial charge in [-0.05, 0) is 31.4 Å². The number of rotatable bonds is 2. The molecule has 0 spiro atoms. The van der Waals surface area contributed by atoms with Crippen molar-refractivity contribution in [2.24, 2.45) is 0 Å². The largest absolute Gasteiger partial charge is 0.480 e. The summed E-state index contributed by atoms with van der Waals surface area (Å²) in [6.45, 7) is 2.82. The number of carbonyl (C=O) groups is 1. The first-order chi connectivity index (χ1) is 9.18. The monoisotopic (exact) mass is 256 g/mol. The Morgan fingerprint density at radius 2 is 2.26 bits per heavy atom. The molecular weight excluding hydrogens is 240 g/mol. The number of anilines is 1. The molecule has 1 aliphatic heterocycles. The summed E-state index contributed by atoms with van der Waals surface area (Å²) in [5, 5.41) is 11.5. The number of benzene rings is 1. The number of aromatic nitrogens is 1. The summed E-state index contributed by atoms with van der Waals surface area (Å²) in [6, 6.07) is 5.59. The van der Waals surface area contributed by atoms with E-state index in [0.717, 1.165) is 41.4 Å². The van der Waals surface area contributed by atoms with E-state index in [-0.39, 0.29) is 0 Å². The van der Waals surface area contributed by atoms with Gasteiger partial charge in [0.15, 0.2) is 0 Å². The molecule has 1 saturated heterocycles. The molecular formula is C15H16N2O2. The standard InChI is InChI=1S/C15H16N2O2/c1-10-8-16-9-11-4-2-5-12(14(10)11)17-7-3-6-13(17)15(18)19/h2,4-5,8-9,13H,3,6-7H2,1H3,(H,18,19). The van der Waals surface area contributed by atoms with Crippen molar-refractivity contribution in [1.82, 2.24) is 4.98 Å². The first kappa shape index (κ1) is 12.0. The van der Waals surface area contributed by atoms with Crippen LogP contribution in [0.3, 0.4) is 0 Å². The minimum atomic E-state index is -0.735. The Hall–Kier alpha value is -2.10. The zero-order valence-electron chi connectivity index (χ0n) is 10.8. The van der Waals surface area contributed by atoms with E-state index in [2.05, 4.69) is 4.98 Å². The molecule has 0 bridgehead atoms. The summed E-state index contributed by atoms with van der Waals surface area (Å²) in [7, 11) is 0. The minimum absolute atomic E-state index is 0.404. The maximum atomic E-state index is 11.4. The second kappa shape index (κ2) is 4.53. The van der Waals surface area contributed by atoms with Gasteiger partial charge in [0.25, 0.3) is 0 Å². The van der Waals surface area contributed by atoms with Gasteiger partial charge >= 0.3 is 5.97 Å². The van der Waals surface area contributed by atoms with Crippen LogP contribution in [0.15, 0.2) is 30.6 Å². The number of aliphatic carboxylic acids is 1. The number of fused-ring (bicyclic) bond motifs is 1. The Kier molecular flexibility index (Phi) is 2.85. The van der Waals surface area contributed by atoms with E-state index in [1.54, 1.807) is 0 Å². The number of carboxylic acid groups (broad SMARTS) is 1. The molecule has 2 aromatic rings. The minimum Gasteiger partial charge on any atom is -0.480 e. The molecule has 4 nitrogen and oxygen atoms in total. The maximum Gasteiger partial charge on any atom is 0.326 e. The molecule has 1 aromatic carbocycles. The second-order valence-electron chi connectivity index (χ2n) is 5.02. The van der Waals surface area contributed by atoms with Crippen molar-refractivity contribution >= 4 is 22.4 Å². The topological polar surface area (TPSA) is 53.4 Å². The van der Waals surface area contributed by atoms with Crippen LogP contribution >= 0.6 is 0 Å². The third-order valence-corrected chi connectivity index (χ3v) is 3.80. The Morgan fingerprint density at radius 3 is 3.05 bits per heavy atom. The Bertz CT molecular complexity index is 634. The normalized spacial score (nSPS) is 19.0. The van der Waals surface area contributed by atoms with Gasteiger partial charge in [-0.3, -0.25) is 4.98 Å². The summed E-state index contributed by atoms with van der Waals surface area (Å²) in [4.78, 5) is 17.6. The molecule has 19 heavy (non-hydrogen) atoms. The van der Waals surface area contributed by atoms with Crippen molar-refractivity contribution in [1.29, 1.82) is 0 Å². The summed E-state index contributed by atoms with van der Waals surface area (Å²) in [6.07, 6.45) is 5.31. The van der Waals surface area contributed by atoms with E-state index in [1.807, 2.05) is 42.4 Å². The molecule has 1 N–H and O–H groups in total. The van der Waals surface area contributed by atoms with Gasteiger partial charge in [-0.25, -0.2) is 4.79 Å². The predicted octanol–water partition coefficient (Wildman–Crippen LogP) is 2.60. The Balaban J connectivity index is 2.17. The summed E-state index contributed by atoms with van der Waals surface area (Å²) in [5.41, 5.74) is 2.10. The van der Waals surface area contributed by atoms with Crippen LogP contribution in [0.2, 0.25) is 0 Å². The van der Waals surface area contributed by atoms with Gasteiger partial charge in [-0.15, -0.1) is 0 Å². The fourth-order valence-electron chi connectivity index (χ4n) is 2.94. The van der Waals surface area contributed by atoms with Crippen LogP contribution in [0, 0.1) is 6.92 Å². The van der Waals surface area contributed by atoms with Gasteiger partial charge < -0.3 is 10.0 Å². The Morgan fingerprint density at radius 1 is 1.42 bits per heavy atom. The molecule has 0 aliphatic carbocycles. The first-order valence-corrected chi connectivity index (χ1v) is 6.51. The van der Waals surface area contributed by atoms with Gasteiger partial charge in [0.05, 0.1) is 0 Å². The molecule has 2 heterocycles. The van der Waals surface area contributed by atoms with Gasteiger partial charge in [-0.2, -0.15) is 0 Å². The van der Waals surface area contributed by atoms with E-state index >= 15 is 0 Å². The summed E-state index contributed by atoms with van der Waals surface area (Å²) in [5.74, 6) is -0.735. The highest BCUT2D eigenvalue weighted by Crippen LogP contribution is 2.33. The van der Waals surface area contributed by atoms with Crippen molar-refractivity contribution in [2.45, 2.75) is 25.8 Å². The van der Waals surface area contributed by atoms with Crippen LogP contribution in [0.25, 0.3) is 10.8 Å². The predicted molar refractivity (Wildman–Crippen MR) is 74.5 cm³/mol. The van der Waals surface area contributed by atoms with E-state index in [9.17, 15) is 9.90 Å². The number of hydrogen-bond donors (Lipinski definition) is 1. The van der Waals surface area contributed by atoms with Crippen LogP contribution in [0.1, 0.15) is 18.4 Å². The maximum absolute atomic E-state index is 11.4. The molecule has 1 aliphatic rings. The van der Waals surface area contributed by atoms with Gasteiger partial charge in [0, 0.05) is 35.4 Å². The van der Waals surface area contributed by atoms with E-state index < -0.39 is 12.0 Å². The fraction of sp³-hybridized carbons (Fsp3) is 0.333. The molecule has 0 saturated carbocycles. The van der Waals surface area contributed by atoms with Crippen molar-refractivity contribution in [3.8, 4) is 0 Å². The lowest BCUT2D eigenvalue weighted by atomic mass is 10.1. The third-order valence-electron chi connectivity index (χ3n) is 3.80. The van der Waals surface area contributed by atoms with Crippen molar-refractivity contribution in [3.05, 3.63) is 36.2 Å². The first-order valence-electron chi connectivity index (χ1n) is 6.51. The summed E-state index contributed by atoms with van der Waals surface area (Å²) < 4.78 is 0. The second-order valence-corrected chi connectivity index (χ2v) is 5.02. The molecule has 0 radical (unpaired) electrons. The van der Waals surface area contributed by atoms with E-state index in [1.165, 1.54) is 0 Å². The molecule has 4 heteroatoms. The summed E-state index contributed by atoms with van der Waals surface area (Å²) >= 11 is 0. The van der Waals surface area contributed by atoms with E-state index in [0.29, 0.717) is 0 Å². The van der Waals surface area contributed by atoms with Crippen molar-refractivity contribution in [3.63, 3.8) is 0 Å². The van der Waals surface area contributed by atoms with Gasteiger partial charge in [-0.1, -0.05) is 12.1 Å². The van der Waals surface area contributed by atoms with Crippen LogP contribution in [-0.2, 0) is 4.79 Å². The molecule has 3 rings (SSSR count). The zero-order valence-corrected chi connectivity index (χ0v) is 10.8. The van der Waals surface area contributed by atoms with Crippen LogP contribution in [0.5, 0.6) is 0 Å². The smallest absolute Gasteiger partial charge is 0.326 e. The number of carboxylic acids is 1. The Labute approximate surface area is 111 Å². The van der Waals surface area contributed by atoms with Crippen LogP contribution in [0.4, 0.5) is 5.69 Å². The van der Waals surface area contributed by atoms with Crippen molar-refractivity contribution < 1.29 is 9.90 Å². The number of hydrogen-bond acceptors (Lipinski definition) is 3. The highest BCUT2D eigenvalue weighted by atomic mass is 16.4.